The molecule has 2 amide bonds. The smallest absolute Gasteiger partial charge is 0.429 e. The molecule has 2 rings (SSSR count). The van der Waals surface area contributed by atoms with Crippen LogP contribution in [0.5, 0.6) is 0 Å². The maximum atomic E-state index is 12.8. The normalized spacial score (nSPS) is 13.0. The van der Waals surface area contributed by atoms with Gasteiger partial charge in [0.15, 0.2) is 0 Å². The third-order valence-corrected chi connectivity index (χ3v) is 3.84. The third-order valence-electron chi connectivity index (χ3n) is 3.84. The first-order valence-electron chi connectivity index (χ1n) is 9.36. The zero-order valence-corrected chi connectivity index (χ0v) is 17.7. The minimum absolute atomic E-state index is 0.466. The minimum Gasteiger partial charge on any atom is -0.443 e. The van der Waals surface area contributed by atoms with E-state index in [0.717, 1.165) is 16.3 Å². The van der Waals surface area contributed by atoms with Gasteiger partial charge in [0.25, 0.3) is 0 Å². The van der Waals surface area contributed by atoms with E-state index in [1.165, 1.54) is 5.01 Å². The van der Waals surface area contributed by atoms with E-state index in [1.807, 2.05) is 49.4 Å². The van der Waals surface area contributed by atoms with Gasteiger partial charge >= 0.3 is 12.2 Å². The number of fused-ring (bicyclic) bond motifs is 1. The largest absolute Gasteiger partial charge is 0.443 e. The van der Waals surface area contributed by atoms with Crippen LogP contribution in [0, 0.1) is 0 Å². The van der Waals surface area contributed by atoms with Crippen LogP contribution in [0.25, 0.3) is 10.8 Å². The zero-order valence-electron chi connectivity index (χ0n) is 17.7. The van der Waals surface area contributed by atoms with E-state index in [0.29, 0.717) is 0 Å². The van der Waals surface area contributed by atoms with E-state index in [1.54, 1.807) is 41.5 Å². The number of rotatable bonds is 2. The van der Waals surface area contributed by atoms with Crippen molar-refractivity contribution in [3.63, 3.8) is 0 Å². The monoisotopic (exact) mass is 386 g/mol. The van der Waals surface area contributed by atoms with Gasteiger partial charge in [-0.25, -0.2) is 20.0 Å². The molecule has 6 heteroatoms. The highest BCUT2D eigenvalue weighted by Gasteiger charge is 2.30. The number of ether oxygens (including phenoxy) is 2. The number of benzene rings is 2. The molecule has 0 spiro atoms. The quantitative estimate of drug-likeness (QED) is 0.684. The Labute approximate surface area is 166 Å². The second-order valence-electron chi connectivity index (χ2n) is 8.75. The Balaban J connectivity index is 2.32. The van der Waals surface area contributed by atoms with Gasteiger partial charge in [0, 0.05) is 0 Å². The summed E-state index contributed by atoms with van der Waals surface area (Å²) in [7, 11) is 0. The summed E-state index contributed by atoms with van der Waals surface area (Å²) in [5.74, 6) is 0. The lowest BCUT2D eigenvalue weighted by Gasteiger charge is -2.32. The molecule has 0 aliphatic rings. The Morgan fingerprint density at radius 2 is 1.46 bits per heavy atom. The fraction of sp³-hybridized carbons (Fsp3) is 0.455. The molecule has 0 aliphatic carbocycles. The molecule has 28 heavy (non-hydrogen) atoms. The van der Waals surface area contributed by atoms with Gasteiger partial charge < -0.3 is 9.47 Å². The molecule has 1 unspecified atom stereocenters. The first-order valence-corrected chi connectivity index (χ1v) is 9.36. The molecule has 152 valence electrons. The first-order chi connectivity index (χ1) is 12.9. The molecule has 1 atom stereocenters. The van der Waals surface area contributed by atoms with Crippen LogP contribution in [-0.2, 0) is 9.47 Å². The molecule has 1 N–H and O–H groups in total. The molecular formula is C22H30N2O4. The van der Waals surface area contributed by atoms with Crippen LogP contribution in [0.1, 0.15) is 60.1 Å². The number of nitrogens with one attached hydrogen (secondary N) is 1. The maximum Gasteiger partial charge on any atom is 0.429 e. The molecule has 0 aromatic heterocycles. The van der Waals surface area contributed by atoms with Crippen molar-refractivity contribution in [1.29, 1.82) is 0 Å². The number of carbonyl (C=O) groups excluding carboxylic acids is 2. The summed E-state index contributed by atoms with van der Waals surface area (Å²) < 4.78 is 10.8. The molecule has 0 saturated heterocycles. The van der Waals surface area contributed by atoms with Crippen LogP contribution in [0.3, 0.4) is 0 Å². The van der Waals surface area contributed by atoms with Crippen molar-refractivity contribution < 1.29 is 19.1 Å². The van der Waals surface area contributed by atoms with Crippen molar-refractivity contribution in [3.05, 3.63) is 48.0 Å². The predicted molar refractivity (Wildman–Crippen MR) is 110 cm³/mol. The topological polar surface area (TPSA) is 67.9 Å². The predicted octanol–water partition coefficient (Wildman–Crippen LogP) is 5.58. The molecule has 0 saturated carbocycles. The summed E-state index contributed by atoms with van der Waals surface area (Å²) in [5, 5.41) is 3.32. The standard InChI is InChI=1S/C22H30N2O4/c1-15(17-13-12-16-10-8-9-11-18(16)14-17)24(20(26)28-22(5,6)7)23-19(25)27-21(2,3)4/h8-15H,1-7H3,(H,23,25). The number of hydrazine groups is 1. The average molecular weight is 386 g/mol. The molecule has 0 bridgehead atoms. The molecule has 2 aromatic rings. The molecule has 0 fully saturated rings. The number of hydrogen-bond donors (Lipinski definition) is 1. The van der Waals surface area contributed by atoms with Gasteiger partial charge in [-0.3, -0.25) is 0 Å². The Morgan fingerprint density at radius 3 is 2.04 bits per heavy atom. The van der Waals surface area contributed by atoms with Gasteiger partial charge in [-0.1, -0.05) is 36.4 Å². The highest BCUT2D eigenvalue weighted by atomic mass is 16.6. The second kappa shape index (κ2) is 8.09. The van der Waals surface area contributed by atoms with Crippen molar-refractivity contribution in [2.24, 2.45) is 0 Å². The van der Waals surface area contributed by atoms with Crippen LogP contribution < -0.4 is 5.43 Å². The Kier molecular flexibility index (Phi) is 6.22. The van der Waals surface area contributed by atoms with Gasteiger partial charge in [-0.05, 0) is 70.9 Å². The second-order valence-corrected chi connectivity index (χ2v) is 8.75. The lowest BCUT2D eigenvalue weighted by Crippen LogP contribution is -2.50. The highest BCUT2D eigenvalue weighted by Crippen LogP contribution is 2.25. The minimum atomic E-state index is -0.717. The summed E-state index contributed by atoms with van der Waals surface area (Å²) in [5.41, 5.74) is 2.02. The first kappa shape index (κ1) is 21.5. The third kappa shape index (κ3) is 6.15. The summed E-state index contributed by atoms with van der Waals surface area (Å²) in [4.78, 5) is 25.1. The van der Waals surface area contributed by atoms with E-state index in [2.05, 4.69) is 5.43 Å². The Hall–Kier alpha value is -2.76. The van der Waals surface area contributed by atoms with Crippen LogP contribution in [0.15, 0.2) is 42.5 Å². The number of nitrogens with zero attached hydrogens (tertiary/aromatic N) is 1. The fourth-order valence-corrected chi connectivity index (χ4v) is 2.63. The van der Waals surface area contributed by atoms with Crippen LogP contribution >= 0.6 is 0 Å². The number of carbonyl (C=O) groups is 2. The van der Waals surface area contributed by atoms with Crippen molar-refractivity contribution in [3.8, 4) is 0 Å². The van der Waals surface area contributed by atoms with E-state index in [9.17, 15) is 9.59 Å². The van der Waals surface area contributed by atoms with Gasteiger partial charge in [0.1, 0.15) is 11.2 Å². The summed E-state index contributed by atoms with van der Waals surface area (Å²) in [6.45, 7) is 12.4. The zero-order chi connectivity index (χ0) is 21.1. The fourth-order valence-electron chi connectivity index (χ4n) is 2.63. The summed E-state index contributed by atoms with van der Waals surface area (Å²) in [6.07, 6.45) is -1.37. The molecule has 2 aromatic carbocycles. The van der Waals surface area contributed by atoms with Crippen LogP contribution in [0.4, 0.5) is 9.59 Å². The van der Waals surface area contributed by atoms with Gasteiger partial charge in [0.05, 0.1) is 6.04 Å². The maximum absolute atomic E-state index is 12.8. The van der Waals surface area contributed by atoms with Gasteiger partial charge in [0.2, 0.25) is 0 Å². The number of hydrogen-bond acceptors (Lipinski definition) is 4. The summed E-state index contributed by atoms with van der Waals surface area (Å²) >= 11 is 0. The summed E-state index contributed by atoms with van der Waals surface area (Å²) in [6, 6.07) is 13.4. The average Bonchev–Trinajstić information content (AvgIpc) is 2.55. The van der Waals surface area contributed by atoms with E-state index in [4.69, 9.17) is 9.47 Å². The van der Waals surface area contributed by atoms with Crippen molar-refractivity contribution in [1.82, 2.24) is 10.4 Å². The van der Waals surface area contributed by atoms with Crippen molar-refractivity contribution in [2.75, 3.05) is 0 Å². The molecule has 6 nitrogen and oxygen atoms in total. The van der Waals surface area contributed by atoms with Gasteiger partial charge in [-0.15, -0.1) is 0 Å². The van der Waals surface area contributed by atoms with Gasteiger partial charge in [-0.2, -0.15) is 0 Å². The lowest BCUT2D eigenvalue weighted by atomic mass is 10.0. The van der Waals surface area contributed by atoms with Crippen LogP contribution in [-0.4, -0.2) is 28.4 Å². The Bertz CT molecular complexity index is 849. The SMILES string of the molecule is CC(c1ccc2ccccc2c1)N(NC(=O)OC(C)(C)C)C(=O)OC(C)(C)C. The van der Waals surface area contributed by atoms with Crippen molar-refractivity contribution in [2.45, 2.75) is 65.7 Å². The Morgan fingerprint density at radius 1 is 0.893 bits per heavy atom. The molecule has 0 radical (unpaired) electrons. The van der Waals surface area contributed by atoms with E-state index in [-0.39, 0.29) is 0 Å². The van der Waals surface area contributed by atoms with Crippen molar-refractivity contribution >= 4 is 23.0 Å². The van der Waals surface area contributed by atoms with Crippen LogP contribution in [0.2, 0.25) is 0 Å². The molecular weight excluding hydrogens is 356 g/mol. The molecule has 0 aliphatic heterocycles. The highest BCUT2D eigenvalue weighted by molar-refractivity contribution is 5.83. The van der Waals surface area contributed by atoms with E-state index >= 15 is 0 Å². The molecule has 0 heterocycles. The number of amides is 2. The lowest BCUT2D eigenvalue weighted by molar-refractivity contribution is -0.00803. The van der Waals surface area contributed by atoms with E-state index < -0.39 is 29.4 Å².